The molecule has 0 amide bonds. The highest BCUT2D eigenvalue weighted by Crippen LogP contribution is 2.29. The highest BCUT2D eigenvalue weighted by molar-refractivity contribution is 5.28. The van der Waals surface area contributed by atoms with Gasteiger partial charge in [-0.25, -0.2) is 4.98 Å². The Kier molecular flexibility index (Phi) is 5.22. The molecule has 4 nitrogen and oxygen atoms in total. The number of methoxy groups -OCH3 is 2. The van der Waals surface area contributed by atoms with Crippen molar-refractivity contribution in [3.8, 4) is 5.88 Å². The zero-order valence-electron chi connectivity index (χ0n) is 10.0. The molecule has 0 fully saturated rings. The van der Waals surface area contributed by atoms with Crippen molar-refractivity contribution in [2.24, 2.45) is 5.92 Å². The van der Waals surface area contributed by atoms with E-state index in [4.69, 9.17) is 9.47 Å². The fourth-order valence-electron chi connectivity index (χ4n) is 1.57. The van der Waals surface area contributed by atoms with Crippen LogP contribution in [0.3, 0.4) is 0 Å². The molecule has 1 aromatic heterocycles. The monoisotopic (exact) mass is 225 g/mol. The summed E-state index contributed by atoms with van der Waals surface area (Å²) in [5, 5.41) is 10.2. The molecule has 0 aromatic carbocycles. The quantitative estimate of drug-likeness (QED) is 0.802. The Morgan fingerprint density at radius 1 is 1.44 bits per heavy atom. The number of aromatic nitrogens is 1. The SMILES string of the molecule is COCCC(C)C(O)c1cccnc1OC. The molecule has 0 radical (unpaired) electrons. The van der Waals surface area contributed by atoms with Gasteiger partial charge in [-0.3, -0.25) is 0 Å². The van der Waals surface area contributed by atoms with Crippen molar-refractivity contribution in [3.05, 3.63) is 23.9 Å². The lowest BCUT2D eigenvalue weighted by atomic mass is 9.95. The first-order valence-corrected chi connectivity index (χ1v) is 5.36. The van der Waals surface area contributed by atoms with E-state index in [2.05, 4.69) is 4.98 Å². The zero-order valence-corrected chi connectivity index (χ0v) is 10.0. The van der Waals surface area contributed by atoms with Crippen LogP contribution in [0.2, 0.25) is 0 Å². The van der Waals surface area contributed by atoms with Crippen LogP contribution in [0.25, 0.3) is 0 Å². The molecule has 0 aliphatic carbocycles. The van der Waals surface area contributed by atoms with Crippen LogP contribution in [-0.4, -0.2) is 30.9 Å². The normalized spacial score (nSPS) is 14.5. The summed E-state index contributed by atoms with van der Waals surface area (Å²) in [7, 11) is 3.21. The van der Waals surface area contributed by atoms with Crippen molar-refractivity contribution in [1.82, 2.24) is 4.98 Å². The second kappa shape index (κ2) is 6.45. The van der Waals surface area contributed by atoms with Crippen LogP contribution in [-0.2, 0) is 4.74 Å². The Morgan fingerprint density at radius 2 is 2.19 bits per heavy atom. The van der Waals surface area contributed by atoms with Crippen molar-refractivity contribution in [3.63, 3.8) is 0 Å². The van der Waals surface area contributed by atoms with Gasteiger partial charge in [-0.2, -0.15) is 0 Å². The highest BCUT2D eigenvalue weighted by Gasteiger charge is 2.20. The van der Waals surface area contributed by atoms with Crippen LogP contribution in [0.5, 0.6) is 5.88 Å². The van der Waals surface area contributed by atoms with E-state index in [-0.39, 0.29) is 5.92 Å². The minimum absolute atomic E-state index is 0.109. The van der Waals surface area contributed by atoms with E-state index in [9.17, 15) is 5.11 Å². The van der Waals surface area contributed by atoms with Crippen LogP contribution >= 0.6 is 0 Å². The Labute approximate surface area is 96.2 Å². The molecule has 0 saturated carbocycles. The Hall–Kier alpha value is -1.13. The third-order valence-electron chi connectivity index (χ3n) is 2.63. The molecule has 0 spiro atoms. The zero-order chi connectivity index (χ0) is 12.0. The van der Waals surface area contributed by atoms with Gasteiger partial charge in [0.1, 0.15) is 0 Å². The smallest absolute Gasteiger partial charge is 0.218 e. The summed E-state index contributed by atoms with van der Waals surface area (Å²) in [6.45, 7) is 2.62. The molecule has 0 saturated heterocycles. The largest absolute Gasteiger partial charge is 0.481 e. The standard InChI is InChI=1S/C12H19NO3/c1-9(6-8-15-2)11(14)10-5-4-7-13-12(10)16-3/h4-5,7,9,11,14H,6,8H2,1-3H3. The number of ether oxygens (including phenoxy) is 2. The first-order chi connectivity index (χ1) is 7.70. The molecule has 16 heavy (non-hydrogen) atoms. The Morgan fingerprint density at radius 3 is 2.81 bits per heavy atom. The second-order valence-electron chi connectivity index (χ2n) is 3.81. The van der Waals surface area contributed by atoms with Crippen LogP contribution in [0.4, 0.5) is 0 Å². The Balaban J connectivity index is 2.74. The van der Waals surface area contributed by atoms with Gasteiger partial charge in [0.25, 0.3) is 0 Å². The molecule has 1 rings (SSSR count). The first kappa shape index (κ1) is 12.9. The third-order valence-corrected chi connectivity index (χ3v) is 2.63. The summed E-state index contributed by atoms with van der Waals surface area (Å²) in [5.74, 6) is 0.595. The molecule has 4 heteroatoms. The number of aliphatic hydroxyl groups is 1. The van der Waals surface area contributed by atoms with Crippen LogP contribution in [0.15, 0.2) is 18.3 Å². The average Bonchev–Trinajstić information content (AvgIpc) is 2.34. The highest BCUT2D eigenvalue weighted by atomic mass is 16.5. The van der Waals surface area contributed by atoms with E-state index in [0.717, 1.165) is 12.0 Å². The van der Waals surface area contributed by atoms with Gasteiger partial charge in [0.05, 0.1) is 13.2 Å². The van der Waals surface area contributed by atoms with E-state index < -0.39 is 6.10 Å². The van der Waals surface area contributed by atoms with Crippen molar-refractivity contribution >= 4 is 0 Å². The number of hydrogen-bond donors (Lipinski definition) is 1. The van der Waals surface area contributed by atoms with E-state index in [1.165, 1.54) is 0 Å². The van der Waals surface area contributed by atoms with E-state index in [1.807, 2.05) is 13.0 Å². The maximum Gasteiger partial charge on any atom is 0.218 e. The number of hydrogen-bond acceptors (Lipinski definition) is 4. The van der Waals surface area contributed by atoms with Gasteiger partial charge in [0.15, 0.2) is 0 Å². The third kappa shape index (κ3) is 3.18. The predicted molar refractivity (Wildman–Crippen MR) is 61.4 cm³/mol. The maximum absolute atomic E-state index is 10.2. The number of rotatable bonds is 6. The molecule has 1 heterocycles. The van der Waals surface area contributed by atoms with Crippen molar-refractivity contribution < 1.29 is 14.6 Å². The van der Waals surface area contributed by atoms with Gasteiger partial charge in [-0.05, 0) is 24.5 Å². The fourth-order valence-corrected chi connectivity index (χ4v) is 1.57. The average molecular weight is 225 g/mol. The number of nitrogens with zero attached hydrogens (tertiary/aromatic N) is 1. The van der Waals surface area contributed by atoms with Crippen LogP contribution in [0.1, 0.15) is 25.0 Å². The van der Waals surface area contributed by atoms with Crippen molar-refractivity contribution in [2.45, 2.75) is 19.4 Å². The molecule has 0 aliphatic rings. The second-order valence-corrected chi connectivity index (χ2v) is 3.81. The molecule has 2 atom stereocenters. The molecule has 2 unspecified atom stereocenters. The lowest BCUT2D eigenvalue weighted by Crippen LogP contribution is -2.13. The van der Waals surface area contributed by atoms with Gasteiger partial charge in [0.2, 0.25) is 5.88 Å². The molecule has 90 valence electrons. The van der Waals surface area contributed by atoms with Crippen LogP contribution < -0.4 is 4.74 Å². The van der Waals surface area contributed by atoms with E-state index in [1.54, 1.807) is 26.5 Å². The summed E-state index contributed by atoms with van der Waals surface area (Å²) >= 11 is 0. The summed E-state index contributed by atoms with van der Waals surface area (Å²) in [6, 6.07) is 3.63. The maximum atomic E-state index is 10.2. The van der Waals surface area contributed by atoms with E-state index in [0.29, 0.717) is 12.5 Å². The molecular formula is C12H19NO3. The number of pyridine rings is 1. The van der Waals surface area contributed by atoms with Crippen LogP contribution in [0, 0.1) is 5.92 Å². The fraction of sp³-hybridized carbons (Fsp3) is 0.583. The summed E-state index contributed by atoms with van der Waals surface area (Å²) in [5.41, 5.74) is 0.730. The summed E-state index contributed by atoms with van der Waals surface area (Å²) in [4.78, 5) is 4.07. The molecule has 0 aliphatic heterocycles. The van der Waals surface area contributed by atoms with E-state index >= 15 is 0 Å². The molecule has 1 N–H and O–H groups in total. The van der Waals surface area contributed by atoms with Gasteiger partial charge in [0, 0.05) is 25.5 Å². The van der Waals surface area contributed by atoms with Gasteiger partial charge in [-0.1, -0.05) is 6.92 Å². The molecule has 0 bridgehead atoms. The van der Waals surface area contributed by atoms with Crippen molar-refractivity contribution in [1.29, 1.82) is 0 Å². The predicted octanol–water partition coefficient (Wildman–Crippen LogP) is 1.80. The summed E-state index contributed by atoms with van der Waals surface area (Å²) < 4.78 is 10.1. The van der Waals surface area contributed by atoms with Gasteiger partial charge in [-0.15, -0.1) is 0 Å². The lowest BCUT2D eigenvalue weighted by molar-refractivity contribution is 0.0860. The minimum Gasteiger partial charge on any atom is -0.481 e. The van der Waals surface area contributed by atoms with Crippen molar-refractivity contribution in [2.75, 3.05) is 20.8 Å². The Bertz CT molecular complexity index is 317. The first-order valence-electron chi connectivity index (χ1n) is 5.36. The molecular weight excluding hydrogens is 206 g/mol. The number of aliphatic hydroxyl groups excluding tert-OH is 1. The topological polar surface area (TPSA) is 51.6 Å². The lowest BCUT2D eigenvalue weighted by Gasteiger charge is -2.20. The minimum atomic E-state index is -0.571. The van der Waals surface area contributed by atoms with Gasteiger partial charge < -0.3 is 14.6 Å². The van der Waals surface area contributed by atoms with Gasteiger partial charge >= 0.3 is 0 Å². The molecule has 1 aromatic rings. The summed E-state index contributed by atoms with van der Waals surface area (Å²) in [6.07, 6.45) is 1.88.